The van der Waals surface area contributed by atoms with Crippen molar-refractivity contribution < 1.29 is 9.47 Å². The zero-order valence-corrected chi connectivity index (χ0v) is 15.3. The van der Waals surface area contributed by atoms with E-state index in [2.05, 4.69) is 18.0 Å². The fourth-order valence-corrected chi connectivity index (χ4v) is 2.78. The number of ether oxygens (including phenoxy) is 2. The van der Waals surface area contributed by atoms with Gasteiger partial charge < -0.3 is 14.5 Å². The number of methoxy groups -OCH3 is 1. The van der Waals surface area contributed by atoms with Crippen LogP contribution >= 0.6 is 0 Å². The molecule has 134 valence electrons. The number of nitrogens with zero attached hydrogens (tertiary/aromatic N) is 2. The number of rotatable bonds is 6. The number of hydrazine groups is 1. The molecule has 0 aliphatic rings. The minimum Gasteiger partial charge on any atom is -0.497 e. The van der Waals surface area contributed by atoms with E-state index in [9.17, 15) is 0 Å². The maximum atomic E-state index is 6.02. The first-order valence-corrected chi connectivity index (χ1v) is 8.38. The van der Waals surface area contributed by atoms with Gasteiger partial charge in [0, 0.05) is 30.4 Å². The number of anilines is 1. The second kappa shape index (κ2) is 7.89. The van der Waals surface area contributed by atoms with Gasteiger partial charge >= 0.3 is 0 Å². The molecule has 0 saturated carbocycles. The van der Waals surface area contributed by atoms with Gasteiger partial charge in [0.1, 0.15) is 18.1 Å². The maximum absolute atomic E-state index is 6.02. The number of aryl methyl sites for hydroxylation is 1. The molecule has 0 atom stereocenters. The summed E-state index contributed by atoms with van der Waals surface area (Å²) >= 11 is 0. The molecule has 3 aromatic rings. The lowest BCUT2D eigenvalue weighted by Gasteiger charge is -2.19. The van der Waals surface area contributed by atoms with Gasteiger partial charge in [-0.25, -0.2) is 5.84 Å². The summed E-state index contributed by atoms with van der Waals surface area (Å²) in [6, 6.07) is 17.6. The van der Waals surface area contributed by atoms with Crippen LogP contribution in [0.15, 0.2) is 60.8 Å². The topological polar surface area (TPSA) is 60.6 Å². The highest BCUT2D eigenvalue weighted by Crippen LogP contribution is 2.26. The van der Waals surface area contributed by atoms with Gasteiger partial charge in [-0.3, -0.25) is 4.98 Å². The van der Waals surface area contributed by atoms with Crippen molar-refractivity contribution in [1.29, 1.82) is 0 Å². The van der Waals surface area contributed by atoms with Crippen LogP contribution in [0.1, 0.15) is 11.1 Å². The van der Waals surface area contributed by atoms with Gasteiger partial charge in [-0.2, -0.15) is 0 Å². The summed E-state index contributed by atoms with van der Waals surface area (Å²) in [5, 5.41) is 1.61. The SMILES string of the molecule is COc1ccc(-c2cc(OCc3c(C)cccc3N(C)N)ccn2)cc1. The Morgan fingerprint density at radius 1 is 1.04 bits per heavy atom. The molecule has 0 aliphatic heterocycles. The molecule has 1 aromatic heterocycles. The number of benzene rings is 2. The highest BCUT2D eigenvalue weighted by molar-refractivity contribution is 5.61. The maximum Gasteiger partial charge on any atom is 0.123 e. The third-order valence-corrected chi connectivity index (χ3v) is 4.27. The van der Waals surface area contributed by atoms with E-state index >= 15 is 0 Å². The van der Waals surface area contributed by atoms with Gasteiger partial charge in [0.25, 0.3) is 0 Å². The smallest absolute Gasteiger partial charge is 0.123 e. The van der Waals surface area contributed by atoms with Crippen LogP contribution in [0, 0.1) is 6.92 Å². The van der Waals surface area contributed by atoms with Crippen LogP contribution in [-0.2, 0) is 6.61 Å². The summed E-state index contributed by atoms with van der Waals surface area (Å²) < 4.78 is 11.2. The first-order valence-electron chi connectivity index (χ1n) is 8.38. The van der Waals surface area contributed by atoms with E-state index in [1.807, 2.05) is 55.6 Å². The molecule has 0 radical (unpaired) electrons. The molecule has 0 amide bonds. The van der Waals surface area contributed by atoms with Crippen molar-refractivity contribution in [2.45, 2.75) is 13.5 Å². The van der Waals surface area contributed by atoms with E-state index in [1.165, 1.54) is 0 Å². The summed E-state index contributed by atoms with van der Waals surface area (Å²) in [5.41, 5.74) is 5.03. The molecule has 3 rings (SSSR count). The van der Waals surface area contributed by atoms with Gasteiger partial charge in [-0.05, 0) is 48.9 Å². The largest absolute Gasteiger partial charge is 0.497 e. The third-order valence-electron chi connectivity index (χ3n) is 4.27. The predicted octanol–water partition coefficient (Wildman–Crippen LogP) is 3.95. The average Bonchev–Trinajstić information content (AvgIpc) is 2.67. The zero-order chi connectivity index (χ0) is 18.5. The molecule has 0 fully saturated rings. The molecule has 2 N–H and O–H groups in total. The fraction of sp³-hybridized carbons (Fsp3) is 0.190. The Morgan fingerprint density at radius 3 is 2.50 bits per heavy atom. The second-order valence-corrected chi connectivity index (χ2v) is 6.08. The molecule has 0 spiro atoms. The Labute approximate surface area is 154 Å². The Morgan fingerprint density at radius 2 is 1.81 bits per heavy atom. The summed E-state index contributed by atoms with van der Waals surface area (Å²) in [4.78, 5) is 4.43. The van der Waals surface area contributed by atoms with Gasteiger partial charge in [0.15, 0.2) is 0 Å². The number of hydrogen-bond donors (Lipinski definition) is 1. The summed E-state index contributed by atoms with van der Waals surface area (Å²) in [6.07, 6.45) is 1.75. The van der Waals surface area contributed by atoms with Crippen molar-refractivity contribution in [3.8, 4) is 22.8 Å². The molecule has 0 bridgehead atoms. The van der Waals surface area contributed by atoms with Crippen molar-refractivity contribution in [3.05, 3.63) is 71.9 Å². The molecule has 0 aliphatic carbocycles. The van der Waals surface area contributed by atoms with Crippen molar-refractivity contribution in [2.75, 3.05) is 19.2 Å². The minimum atomic E-state index is 0.440. The highest BCUT2D eigenvalue weighted by atomic mass is 16.5. The number of pyridine rings is 1. The van der Waals surface area contributed by atoms with Crippen LogP contribution in [0.4, 0.5) is 5.69 Å². The van der Waals surface area contributed by atoms with Crippen molar-refractivity contribution >= 4 is 5.69 Å². The Hall–Kier alpha value is -3.05. The molecule has 0 unspecified atom stereocenters. The van der Waals surface area contributed by atoms with E-state index in [0.29, 0.717) is 6.61 Å². The number of nitrogens with two attached hydrogens (primary N) is 1. The summed E-state index contributed by atoms with van der Waals surface area (Å²) in [7, 11) is 3.48. The molecule has 26 heavy (non-hydrogen) atoms. The Kier molecular flexibility index (Phi) is 5.39. The van der Waals surface area contributed by atoms with E-state index in [0.717, 1.165) is 39.6 Å². The second-order valence-electron chi connectivity index (χ2n) is 6.08. The normalized spacial score (nSPS) is 10.5. The highest BCUT2D eigenvalue weighted by Gasteiger charge is 2.09. The monoisotopic (exact) mass is 349 g/mol. The van der Waals surface area contributed by atoms with E-state index in [1.54, 1.807) is 18.3 Å². The van der Waals surface area contributed by atoms with Crippen molar-refractivity contribution in [1.82, 2.24) is 4.98 Å². The number of hydrogen-bond acceptors (Lipinski definition) is 5. The molecule has 1 heterocycles. The molecule has 2 aromatic carbocycles. The number of aromatic nitrogens is 1. The summed E-state index contributed by atoms with van der Waals surface area (Å²) in [6.45, 7) is 2.50. The predicted molar refractivity (Wildman–Crippen MR) is 104 cm³/mol. The van der Waals surface area contributed by atoms with E-state index in [4.69, 9.17) is 15.3 Å². The van der Waals surface area contributed by atoms with Crippen LogP contribution < -0.4 is 20.3 Å². The van der Waals surface area contributed by atoms with Crippen molar-refractivity contribution in [2.24, 2.45) is 5.84 Å². The van der Waals surface area contributed by atoms with E-state index in [-0.39, 0.29) is 0 Å². The average molecular weight is 349 g/mol. The van der Waals surface area contributed by atoms with Crippen LogP contribution in [0.2, 0.25) is 0 Å². The first kappa shape index (κ1) is 17.8. The minimum absolute atomic E-state index is 0.440. The molecule has 5 heteroatoms. The van der Waals surface area contributed by atoms with Crippen LogP contribution in [-0.4, -0.2) is 19.1 Å². The lowest BCUT2D eigenvalue weighted by molar-refractivity contribution is 0.305. The zero-order valence-electron chi connectivity index (χ0n) is 15.3. The lowest BCUT2D eigenvalue weighted by atomic mass is 10.1. The van der Waals surface area contributed by atoms with E-state index < -0.39 is 0 Å². The summed E-state index contributed by atoms with van der Waals surface area (Å²) in [5.74, 6) is 7.52. The molecule has 0 saturated heterocycles. The van der Waals surface area contributed by atoms with Crippen LogP contribution in [0.25, 0.3) is 11.3 Å². The van der Waals surface area contributed by atoms with Crippen LogP contribution in [0.5, 0.6) is 11.5 Å². The van der Waals surface area contributed by atoms with Crippen LogP contribution in [0.3, 0.4) is 0 Å². The van der Waals surface area contributed by atoms with Crippen molar-refractivity contribution in [3.63, 3.8) is 0 Å². The Bertz CT molecular complexity index is 877. The molecule has 5 nitrogen and oxygen atoms in total. The fourth-order valence-electron chi connectivity index (χ4n) is 2.78. The first-order chi connectivity index (χ1) is 12.6. The molecular weight excluding hydrogens is 326 g/mol. The Balaban J connectivity index is 1.80. The van der Waals surface area contributed by atoms with Gasteiger partial charge in [0.2, 0.25) is 0 Å². The third kappa shape index (κ3) is 3.95. The standard InChI is InChI=1S/C21H23N3O2/c1-15-5-4-6-21(24(2)22)19(15)14-26-18-11-12-23-20(13-18)16-7-9-17(25-3)10-8-16/h4-13H,14,22H2,1-3H3. The quantitative estimate of drug-likeness (QED) is 0.539. The lowest BCUT2D eigenvalue weighted by Crippen LogP contribution is -2.26. The molecular formula is C21H23N3O2. The van der Waals surface area contributed by atoms with Gasteiger partial charge in [0.05, 0.1) is 18.5 Å². The van der Waals surface area contributed by atoms with Gasteiger partial charge in [-0.1, -0.05) is 12.1 Å². The van der Waals surface area contributed by atoms with Gasteiger partial charge in [-0.15, -0.1) is 0 Å².